The number of hydrogen-bond donors (Lipinski definition) is 1. The fourth-order valence-corrected chi connectivity index (χ4v) is 8.53. The van der Waals surface area contributed by atoms with Gasteiger partial charge >= 0.3 is 5.97 Å². The summed E-state index contributed by atoms with van der Waals surface area (Å²) in [6, 6.07) is 0. The first-order chi connectivity index (χ1) is 14.1. The molecule has 30 heavy (non-hydrogen) atoms. The topological polar surface area (TPSA) is 63.6 Å². The predicted molar refractivity (Wildman–Crippen MR) is 112 cm³/mol. The van der Waals surface area contributed by atoms with E-state index in [1.807, 2.05) is 0 Å². The summed E-state index contributed by atoms with van der Waals surface area (Å²) in [5.74, 6) is 1.96. The fourth-order valence-electron chi connectivity index (χ4n) is 8.53. The monoisotopic (exact) mass is 422 g/mol. The molecule has 0 aromatic carbocycles. The van der Waals surface area contributed by atoms with Gasteiger partial charge in [-0.05, 0) is 85.4 Å². The first kappa shape index (κ1) is 22.2. The van der Waals surface area contributed by atoms with Crippen LogP contribution in [0.15, 0.2) is 0 Å². The van der Waals surface area contributed by atoms with Gasteiger partial charge in [-0.1, -0.05) is 20.8 Å². The molecule has 4 saturated carbocycles. The maximum absolute atomic E-state index is 14.6. The minimum Gasteiger partial charge on any atom is -0.469 e. The van der Waals surface area contributed by atoms with Crippen LogP contribution < -0.4 is 0 Å². The molecule has 0 heterocycles. The Morgan fingerprint density at radius 2 is 1.93 bits per heavy atom. The van der Waals surface area contributed by atoms with Gasteiger partial charge in [0, 0.05) is 18.8 Å². The number of aliphatic hydroxyl groups excluding tert-OH is 1. The number of ketones is 1. The SMILES string of the molecule is COC(=O)CC[C@@H](C)[C@H]1CCC2C3C(=O)C[C@@H]4C[C@H](O)[C@H](F)C[C@]4(C)C3CC[C@@]21C. The van der Waals surface area contributed by atoms with E-state index in [9.17, 15) is 19.1 Å². The molecule has 1 N–H and O–H groups in total. The van der Waals surface area contributed by atoms with Crippen molar-refractivity contribution >= 4 is 11.8 Å². The normalized spacial score (nSPS) is 49.0. The Bertz CT molecular complexity index is 695. The zero-order valence-electron chi connectivity index (χ0n) is 19.0. The van der Waals surface area contributed by atoms with Gasteiger partial charge in [0.2, 0.25) is 0 Å². The number of aliphatic hydroxyl groups is 1. The lowest BCUT2D eigenvalue weighted by molar-refractivity contribution is -0.167. The van der Waals surface area contributed by atoms with Crippen molar-refractivity contribution in [3.8, 4) is 0 Å². The van der Waals surface area contributed by atoms with E-state index in [-0.39, 0.29) is 34.6 Å². The molecule has 4 nitrogen and oxygen atoms in total. The number of alkyl halides is 1. The van der Waals surface area contributed by atoms with Gasteiger partial charge in [0.25, 0.3) is 0 Å². The maximum Gasteiger partial charge on any atom is 0.305 e. The highest BCUT2D eigenvalue weighted by Crippen LogP contribution is 2.67. The zero-order chi connectivity index (χ0) is 21.8. The van der Waals surface area contributed by atoms with Crippen molar-refractivity contribution < 1.29 is 23.8 Å². The van der Waals surface area contributed by atoms with E-state index in [4.69, 9.17) is 4.74 Å². The lowest BCUT2D eigenvalue weighted by Gasteiger charge is -2.60. The van der Waals surface area contributed by atoms with Gasteiger partial charge in [-0.15, -0.1) is 0 Å². The van der Waals surface area contributed by atoms with E-state index in [0.29, 0.717) is 49.2 Å². The Morgan fingerprint density at radius 3 is 2.63 bits per heavy atom. The molecule has 0 bridgehead atoms. The van der Waals surface area contributed by atoms with E-state index >= 15 is 0 Å². The van der Waals surface area contributed by atoms with Crippen LogP contribution in [-0.4, -0.2) is 36.2 Å². The summed E-state index contributed by atoms with van der Waals surface area (Å²) in [5.41, 5.74) is -0.0496. The Hall–Kier alpha value is -0.970. The number of ether oxygens (including phenoxy) is 1. The Balaban J connectivity index is 1.55. The summed E-state index contributed by atoms with van der Waals surface area (Å²) in [6.45, 7) is 6.84. The number of rotatable bonds is 4. The van der Waals surface area contributed by atoms with Gasteiger partial charge in [0.1, 0.15) is 12.0 Å². The van der Waals surface area contributed by atoms with Crippen LogP contribution in [0.2, 0.25) is 0 Å². The molecule has 0 radical (unpaired) electrons. The first-order valence-corrected chi connectivity index (χ1v) is 12.0. The number of hydrogen-bond acceptors (Lipinski definition) is 4. The smallest absolute Gasteiger partial charge is 0.305 e. The number of methoxy groups -OCH3 is 1. The molecule has 170 valence electrons. The molecular weight excluding hydrogens is 383 g/mol. The fraction of sp³-hybridized carbons (Fsp3) is 0.920. The molecule has 0 aliphatic heterocycles. The van der Waals surface area contributed by atoms with Gasteiger partial charge in [0.15, 0.2) is 0 Å². The molecule has 5 heteroatoms. The average Bonchev–Trinajstić information content (AvgIpc) is 3.05. The molecular formula is C25H39FO4. The van der Waals surface area contributed by atoms with E-state index in [1.165, 1.54) is 7.11 Å². The number of halogens is 1. The highest BCUT2D eigenvalue weighted by molar-refractivity contribution is 5.83. The maximum atomic E-state index is 14.6. The second-order valence-corrected chi connectivity index (χ2v) is 11.5. The van der Waals surface area contributed by atoms with Crippen LogP contribution in [-0.2, 0) is 14.3 Å². The molecule has 4 rings (SSSR count). The third kappa shape index (κ3) is 3.34. The van der Waals surface area contributed by atoms with Crippen LogP contribution >= 0.6 is 0 Å². The lowest BCUT2D eigenvalue weighted by Crippen LogP contribution is -2.59. The third-order valence-corrected chi connectivity index (χ3v) is 10.2. The molecule has 0 aromatic heterocycles. The van der Waals surface area contributed by atoms with E-state index in [0.717, 1.165) is 32.1 Å². The van der Waals surface area contributed by atoms with E-state index < -0.39 is 12.3 Å². The Labute approximate surface area is 180 Å². The Morgan fingerprint density at radius 1 is 1.23 bits per heavy atom. The molecule has 10 atom stereocenters. The standard InChI is InChI=1S/C25H39FO4/c1-14(5-8-22(29)30-4)16-6-7-17-23-18(9-10-24(16,17)2)25(3)13-19(26)20(27)11-15(25)12-21(23)28/h14-20,23,27H,5-13H2,1-4H3/t14-,15+,16-,17?,18?,19-,20+,23?,24-,25+/m1/s1. The van der Waals surface area contributed by atoms with Gasteiger partial charge in [-0.3, -0.25) is 9.59 Å². The molecule has 0 spiro atoms. The van der Waals surface area contributed by atoms with Gasteiger partial charge in [-0.25, -0.2) is 4.39 Å². The van der Waals surface area contributed by atoms with E-state index in [2.05, 4.69) is 20.8 Å². The molecule has 4 aliphatic rings. The summed E-state index contributed by atoms with van der Waals surface area (Å²) < 4.78 is 19.4. The summed E-state index contributed by atoms with van der Waals surface area (Å²) in [5, 5.41) is 10.1. The average molecular weight is 423 g/mol. The summed E-state index contributed by atoms with van der Waals surface area (Å²) in [6.07, 6.45) is 4.82. The van der Waals surface area contributed by atoms with Crippen LogP contribution in [0.5, 0.6) is 0 Å². The number of Topliss-reactive ketones (excluding diaryl/α,β-unsaturated/α-hetero) is 1. The Kier molecular flexibility index (Phi) is 5.83. The molecule has 3 unspecified atom stereocenters. The van der Waals surface area contributed by atoms with Crippen molar-refractivity contribution in [2.75, 3.05) is 7.11 Å². The van der Waals surface area contributed by atoms with Crippen molar-refractivity contribution in [1.29, 1.82) is 0 Å². The van der Waals surface area contributed by atoms with Crippen LogP contribution in [0, 0.1) is 46.3 Å². The van der Waals surface area contributed by atoms with Crippen molar-refractivity contribution in [3.63, 3.8) is 0 Å². The second kappa shape index (κ2) is 7.86. The minimum atomic E-state index is -1.16. The molecule has 0 amide bonds. The summed E-state index contributed by atoms with van der Waals surface area (Å²) >= 11 is 0. The van der Waals surface area contributed by atoms with Gasteiger partial charge in [-0.2, -0.15) is 0 Å². The minimum absolute atomic E-state index is 0.0465. The predicted octanol–water partition coefficient (Wildman–Crippen LogP) is 4.72. The second-order valence-electron chi connectivity index (χ2n) is 11.5. The van der Waals surface area contributed by atoms with Crippen molar-refractivity contribution in [2.24, 2.45) is 46.3 Å². The largest absolute Gasteiger partial charge is 0.469 e. The van der Waals surface area contributed by atoms with Crippen molar-refractivity contribution in [1.82, 2.24) is 0 Å². The summed E-state index contributed by atoms with van der Waals surface area (Å²) in [4.78, 5) is 25.0. The van der Waals surface area contributed by atoms with Crippen LogP contribution in [0.4, 0.5) is 4.39 Å². The lowest BCUT2D eigenvalue weighted by atomic mass is 9.44. The molecule has 0 saturated heterocycles. The summed E-state index contributed by atoms with van der Waals surface area (Å²) in [7, 11) is 1.44. The van der Waals surface area contributed by atoms with Gasteiger partial charge in [0.05, 0.1) is 13.2 Å². The van der Waals surface area contributed by atoms with Crippen molar-refractivity contribution in [3.05, 3.63) is 0 Å². The third-order valence-electron chi connectivity index (χ3n) is 10.2. The highest BCUT2D eigenvalue weighted by atomic mass is 19.1. The van der Waals surface area contributed by atoms with Crippen LogP contribution in [0.1, 0.15) is 78.6 Å². The molecule has 0 aromatic rings. The number of carbonyl (C=O) groups is 2. The highest BCUT2D eigenvalue weighted by Gasteiger charge is 2.63. The molecule has 4 fully saturated rings. The van der Waals surface area contributed by atoms with Gasteiger partial charge < -0.3 is 9.84 Å². The molecule has 4 aliphatic carbocycles. The number of carbonyl (C=O) groups excluding carboxylic acids is 2. The van der Waals surface area contributed by atoms with Crippen LogP contribution in [0.3, 0.4) is 0 Å². The quantitative estimate of drug-likeness (QED) is 0.666. The van der Waals surface area contributed by atoms with Crippen LogP contribution in [0.25, 0.3) is 0 Å². The number of esters is 1. The van der Waals surface area contributed by atoms with E-state index in [1.54, 1.807) is 0 Å². The number of fused-ring (bicyclic) bond motifs is 5. The zero-order valence-corrected chi connectivity index (χ0v) is 19.0. The van der Waals surface area contributed by atoms with Crippen molar-refractivity contribution in [2.45, 2.75) is 90.8 Å². The first-order valence-electron chi connectivity index (χ1n) is 12.0.